The number of aromatic nitrogens is 2. The maximum absolute atomic E-state index is 5.55. The van der Waals surface area contributed by atoms with E-state index in [1.54, 1.807) is 12.3 Å². The van der Waals surface area contributed by atoms with Crippen LogP contribution in [0.25, 0.3) is 0 Å². The molecule has 0 bridgehead atoms. The molecule has 0 saturated carbocycles. The van der Waals surface area contributed by atoms with Gasteiger partial charge >= 0.3 is 0 Å². The molecule has 1 heterocycles. The lowest BCUT2D eigenvalue weighted by atomic mass is 10.3. The average Bonchev–Trinajstić information content (AvgIpc) is 2.22. The zero-order valence-electron chi connectivity index (χ0n) is 7.72. The van der Waals surface area contributed by atoms with Gasteiger partial charge in [-0.2, -0.15) is 4.98 Å². The highest BCUT2D eigenvalue weighted by Gasteiger charge is 2.02. The Balaban J connectivity index is 2.26. The molecule has 0 fully saturated rings. The summed E-state index contributed by atoms with van der Waals surface area (Å²) in [5.41, 5.74) is 5.45. The summed E-state index contributed by atoms with van der Waals surface area (Å²) in [4.78, 5) is 7.74. The van der Waals surface area contributed by atoms with Crippen LogP contribution in [-0.4, -0.2) is 9.97 Å². The maximum Gasteiger partial charge on any atom is 0.224 e. The lowest BCUT2D eigenvalue weighted by Crippen LogP contribution is -1.96. The predicted octanol–water partition coefficient (Wildman–Crippen LogP) is 2.46. The van der Waals surface area contributed by atoms with Crippen molar-refractivity contribution in [3.05, 3.63) is 40.1 Å². The first-order chi connectivity index (χ1) is 7.25. The van der Waals surface area contributed by atoms with Crippen molar-refractivity contribution in [3.63, 3.8) is 0 Å². The Bertz CT molecular complexity index is 476. The molecule has 0 aliphatic carbocycles. The van der Waals surface area contributed by atoms with Gasteiger partial charge in [-0.25, -0.2) is 4.98 Å². The molecule has 0 aliphatic heterocycles. The number of rotatable bonds is 2. The van der Waals surface area contributed by atoms with E-state index in [4.69, 9.17) is 10.5 Å². The van der Waals surface area contributed by atoms with Crippen LogP contribution in [0, 0.1) is 3.57 Å². The van der Waals surface area contributed by atoms with Crippen molar-refractivity contribution in [2.45, 2.75) is 0 Å². The Morgan fingerprint density at radius 3 is 2.73 bits per heavy atom. The summed E-state index contributed by atoms with van der Waals surface area (Å²) in [6.07, 6.45) is 1.56. The summed E-state index contributed by atoms with van der Waals surface area (Å²) < 4.78 is 6.57. The van der Waals surface area contributed by atoms with Gasteiger partial charge in [-0.3, -0.25) is 0 Å². The lowest BCUT2D eigenvalue weighted by Gasteiger charge is -2.05. The number of hydrogen-bond donors (Lipinski definition) is 1. The van der Waals surface area contributed by atoms with Gasteiger partial charge < -0.3 is 10.5 Å². The number of halogens is 1. The van der Waals surface area contributed by atoms with E-state index in [1.807, 2.05) is 24.3 Å². The summed E-state index contributed by atoms with van der Waals surface area (Å²) in [6.45, 7) is 0. The van der Waals surface area contributed by atoms with Crippen molar-refractivity contribution in [1.29, 1.82) is 0 Å². The number of nitrogens with zero attached hydrogens (tertiary/aromatic N) is 2. The average molecular weight is 313 g/mol. The number of anilines is 1. The van der Waals surface area contributed by atoms with Crippen LogP contribution in [0.4, 0.5) is 5.95 Å². The fourth-order valence-corrected chi connectivity index (χ4v) is 1.55. The van der Waals surface area contributed by atoms with E-state index >= 15 is 0 Å². The van der Waals surface area contributed by atoms with Crippen molar-refractivity contribution < 1.29 is 4.74 Å². The molecule has 0 unspecified atom stereocenters. The fourth-order valence-electron chi connectivity index (χ4n) is 1.05. The van der Waals surface area contributed by atoms with Crippen LogP contribution >= 0.6 is 22.6 Å². The first-order valence-electron chi connectivity index (χ1n) is 4.26. The highest BCUT2D eigenvalue weighted by molar-refractivity contribution is 14.1. The number of benzene rings is 1. The van der Waals surface area contributed by atoms with E-state index in [-0.39, 0.29) is 5.95 Å². The zero-order valence-corrected chi connectivity index (χ0v) is 9.88. The molecular formula is C10H8IN3O. The molecule has 0 saturated heterocycles. The Morgan fingerprint density at radius 2 is 2.00 bits per heavy atom. The molecule has 0 atom stereocenters. The standard InChI is InChI=1S/C10H8IN3O/c11-7-3-1-2-4-8(7)15-9-5-6-13-10(12)14-9/h1-6H,(H2,12,13,14). The molecule has 2 aromatic rings. The molecule has 0 radical (unpaired) electrons. The molecule has 5 heteroatoms. The highest BCUT2D eigenvalue weighted by Crippen LogP contribution is 2.24. The lowest BCUT2D eigenvalue weighted by molar-refractivity contribution is 0.459. The summed E-state index contributed by atoms with van der Waals surface area (Å²) in [5, 5.41) is 0. The highest BCUT2D eigenvalue weighted by atomic mass is 127. The molecule has 0 amide bonds. The van der Waals surface area contributed by atoms with E-state index in [0.29, 0.717) is 5.88 Å². The fraction of sp³-hybridized carbons (Fsp3) is 0. The van der Waals surface area contributed by atoms with Crippen LogP contribution in [0.5, 0.6) is 11.6 Å². The summed E-state index contributed by atoms with van der Waals surface area (Å²) >= 11 is 2.20. The quantitative estimate of drug-likeness (QED) is 0.865. The second-order valence-electron chi connectivity index (χ2n) is 2.79. The van der Waals surface area contributed by atoms with Crippen molar-refractivity contribution in [2.24, 2.45) is 0 Å². The summed E-state index contributed by atoms with van der Waals surface area (Å²) in [6, 6.07) is 9.35. The van der Waals surface area contributed by atoms with Crippen LogP contribution in [0.1, 0.15) is 0 Å². The second kappa shape index (κ2) is 4.43. The van der Waals surface area contributed by atoms with E-state index < -0.39 is 0 Å². The number of nitrogen functional groups attached to an aromatic ring is 1. The third-order valence-electron chi connectivity index (χ3n) is 1.70. The second-order valence-corrected chi connectivity index (χ2v) is 3.95. The van der Waals surface area contributed by atoms with Crippen LogP contribution in [0.3, 0.4) is 0 Å². The molecule has 1 aromatic heterocycles. The van der Waals surface area contributed by atoms with Gasteiger partial charge in [-0.15, -0.1) is 0 Å². The third kappa shape index (κ3) is 2.56. The van der Waals surface area contributed by atoms with Crippen molar-refractivity contribution in [1.82, 2.24) is 9.97 Å². The van der Waals surface area contributed by atoms with Gasteiger partial charge in [0.1, 0.15) is 5.75 Å². The third-order valence-corrected chi connectivity index (χ3v) is 2.59. The molecule has 4 nitrogen and oxygen atoms in total. The van der Waals surface area contributed by atoms with Gasteiger partial charge in [-0.1, -0.05) is 12.1 Å². The van der Waals surface area contributed by atoms with Crippen molar-refractivity contribution >= 4 is 28.5 Å². The van der Waals surface area contributed by atoms with Crippen LogP contribution in [-0.2, 0) is 0 Å². The Morgan fingerprint density at radius 1 is 1.20 bits per heavy atom. The Labute approximate surface area is 101 Å². The molecular weight excluding hydrogens is 305 g/mol. The zero-order chi connectivity index (χ0) is 10.7. The topological polar surface area (TPSA) is 61.0 Å². The van der Waals surface area contributed by atoms with E-state index in [2.05, 4.69) is 32.6 Å². The van der Waals surface area contributed by atoms with E-state index in [9.17, 15) is 0 Å². The van der Waals surface area contributed by atoms with Crippen LogP contribution in [0.15, 0.2) is 36.5 Å². The molecule has 2 rings (SSSR count). The van der Waals surface area contributed by atoms with Gasteiger partial charge in [0, 0.05) is 12.3 Å². The Hall–Kier alpha value is -1.37. The molecule has 2 N–H and O–H groups in total. The molecule has 15 heavy (non-hydrogen) atoms. The largest absolute Gasteiger partial charge is 0.438 e. The molecule has 0 spiro atoms. The van der Waals surface area contributed by atoms with E-state index in [1.165, 1.54) is 0 Å². The minimum atomic E-state index is 0.207. The van der Waals surface area contributed by atoms with Crippen LogP contribution in [0.2, 0.25) is 0 Å². The van der Waals surface area contributed by atoms with E-state index in [0.717, 1.165) is 9.32 Å². The molecule has 76 valence electrons. The first kappa shape index (κ1) is 10.2. The van der Waals surface area contributed by atoms with Crippen LogP contribution < -0.4 is 10.5 Å². The number of para-hydroxylation sites is 1. The first-order valence-corrected chi connectivity index (χ1v) is 5.34. The monoisotopic (exact) mass is 313 g/mol. The van der Waals surface area contributed by atoms with Gasteiger partial charge in [0.2, 0.25) is 11.8 Å². The Kier molecular flexibility index (Phi) is 3.00. The maximum atomic E-state index is 5.55. The summed E-state index contributed by atoms with van der Waals surface area (Å²) in [5.74, 6) is 1.42. The summed E-state index contributed by atoms with van der Waals surface area (Å²) in [7, 11) is 0. The predicted molar refractivity (Wildman–Crippen MR) is 65.7 cm³/mol. The number of nitrogens with two attached hydrogens (primary N) is 1. The molecule has 1 aromatic carbocycles. The van der Waals surface area contributed by atoms with Crippen molar-refractivity contribution in [2.75, 3.05) is 5.73 Å². The SMILES string of the molecule is Nc1nccc(Oc2ccccc2I)n1. The number of hydrogen-bond acceptors (Lipinski definition) is 4. The van der Waals surface area contributed by atoms with Gasteiger partial charge in [0.05, 0.1) is 3.57 Å². The smallest absolute Gasteiger partial charge is 0.224 e. The van der Waals surface area contributed by atoms with Gasteiger partial charge in [0.25, 0.3) is 0 Å². The van der Waals surface area contributed by atoms with Crippen molar-refractivity contribution in [3.8, 4) is 11.6 Å². The minimum Gasteiger partial charge on any atom is -0.438 e. The van der Waals surface area contributed by atoms with Gasteiger partial charge in [-0.05, 0) is 34.7 Å². The van der Waals surface area contributed by atoms with Gasteiger partial charge in [0.15, 0.2) is 0 Å². The minimum absolute atomic E-state index is 0.207. The molecule has 0 aliphatic rings. The number of ether oxygens (including phenoxy) is 1. The normalized spacial score (nSPS) is 9.93.